The van der Waals surface area contributed by atoms with Gasteiger partial charge in [-0.05, 0) is 50.0 Å². The summed E-state index contributed by atoms with van der Waals surface area (Å²) in [6.07, 6.45) is 1.28. The molecular weight excluding hydrogens is 354 g/mol. The first-order valence-corrected chi connectivity index (χ1v) is 9.84. The summed E-state index contributed by atoms with van der Waals surface area (Å²) in [5, 5.41) is 10.2. The Morgan fingerprint density at radius 2 is 1.86 bits per heavy atom. The largest absolute Gasteiger partial charge is 0.493 e. The highest BCUT2D eigenvalue weighted by Crippen LogP contribution is 2.28. The summed E-state index contributed by atoms with van der Waals surface area (Å²) >= 11 is 0. The van der Waals surface area contributed by atoms with Crippen molar-refractivity contribution in [1.29, 1.82) is 0 Å². The number of aliphatic hydroxyl groups is 1. The van der Waals surface area contributed by atoms with Crippen LogP contribution in [0.15, 0.2) is 42.6 Å². The van der Waals surface area contributed by atoms with Crippen molar-refractivity contribution >= 4 is 0 Å². The van der Waals surface area contributed by atoms with Crippen LogP contribution in [0, 0.1) is 0 Å². The monoisotopic (exact) mass is 387 g/mol. The van der Waals surface area contributed by atoms with Gasteiger partial charge in [-0.1, -0.05) is 26.0 Å². The third kappa shape index (κ3) is 7.11. The molecule has 0 amide bonds. The highest BCUT2D eigenvalue weighted by atomic mass is 16.5. The SMILES string of the molecule is CCN(CC)CC(O)COc1ccc(CN(C)Cc2ccccn2)cc1OC. The molecule has 2 aromatic rings. The number of benzene rings is 1. The second-order valence-corrected chi connectivity index (χ2v) is 6.93. The van der Waals surface area contributed by atoms with E-state index in [0.717, 1.165) is 37.4 Å². The third-order valence-electron chi connectivity index (χ3n) is 4.63. The van der Waals surface area contributed by atoms with Gasteiger partial charge in [0, 0.05) is 25.8 Å². The molecule has 1 aromatic heterocycles. The van der Waals surface area contributed by atoms with Gasteiger partial charge in [-0.25, -0.2) is 0 Å². The number of hydrogen-bond donors (Lipinski definition) is 1. The molecule has 6 nitrogen and oxygen atoms in total. The first-order valence-electron chi connectivity index (χ1n) is 9.84. The molecule has 1 N–H and O–H groups in total. The minimum Gasteiger partial charge on any atom is -0.493 e. The molecule has 0 saturated heterocycles. The van der Waals surface area contributed by atoms with Gasteiger partial charge in [0.15, 0.2) is 11.5 Å². The fourth-order valence-electron chi connectivity index (χ4n) is 3.08. The second-order valence-electron chi connectivity index (χ2n) is 6.93. The number of ether oxygens (including phenoxy) is 2. The summed E-state index contributed by atoms with van der Waals surface area (Å²) in [7, 11) is 3.70. The first-order chi connectivity index (χ1) is 13.5. The minimum absolute atomic E-state index is 0.242. The zero-order chi connectivity index (χ0) is 20.4. The highest BCUT2D eigenvalue weighted by molar-refractivity contribution is 5.43. The number of hydrogen-bond acceptors (Lipinski definition) is 6. The standard InChI is InChI=1S/C22H33N3O3/c1-5-25(6-2)16-20(26)17-28-21-11-10-18(13-22(21)27-4)14-24(3)15-19-9-7-8-12-23-19/h7-13,20,26H,5-6,14-17H2,1-4H3. The lowest BCUT2D eigenvalue weighted by Gasteiger charge is -2.22. The van der Waals surface area contributed by atoms with Crippen LogP contribution in [0.4, 0.5) is 0 Å². The maximum Gasteiger partial charge on any atom is 0.161 e. The summed E-state index contributed by atoms with van der Waals surface area (Å²) < 4.78 is 11.3. The van der Waals surface area contributed by atoms with E-state index in [-0.39, 0.29) is 6.61 Å². The van der Waals surface area contributed by atoms with Crippen molar-refractivity contribution in [3.05, 3.63) is 53.9 Å². The van der Waals surface area contributed by atoms with Crippen LogP contribution >= 0.6 is 0 Å². The average molecular weight is 388 g/mol. The van der Waals surface area contributed by atoms with Gasteiger partial charge in [-0.3, -0.25) is 9.88 Å². The van der Waals surface area contributed by atoms with Gasteiger partial charge < -0.3 is 19.5 Å². The van der Waals surface area contributed by atoms with E-state index >= 15 is 0 Å². The van der Waals surface area contributed by atoms with E-state index in [1.807, 2.05) is 42.6 Å². The van der Waals surface area contributed by atoms with Crippen molar-refractivity contribution in [2.24, 2.45) is 0 Å². The molecule has 1 atom stereocenters. The average Bonchev–Trinajstić information content (AvgIpc) is 2.71. The Hall–Kier alpha value is -2.15. The topological polar surface area (TPSA) is 58.1 Å². The molecule has 1 unspecified atom stereocenters. The molecule has 6 heteroatoms. The van der Waals surface area contributed by atoms with Crippen molar-refractivity contribution in [2.45, 2.75) is 33.0 Å². The fraction of sp³-hybridized carbons (Fsp3) is 0.500. The quantitative estimate of drug-likeness (QED) is 0.604. The van der Waals surface area contributed by atoms with Gasteiger partial charge in [0.25, 0.3) is 0 Å². The molecule has 2 rings (SSSR count). The molecule has 0 fully saturated rings. The van der Waals surface area contributed by atoms with Gasteiger partial charge in [0.2, 0.25) is 0 Å². The molecule has 0 radical (unpaired) electrons. The predicted octanol–water partition coefficient (Wildman–Crippen LogP) is 2.80. The van der Waals surface area contributed by atoms with Gasteiger partial charge in [-0.15, -0.1) is 0 Å². The van der Waals surface area contributed by atoms with E-state index in [1.54, 1.807) is 7.11 Å². The number of nitrogens with zero attached hydrogens (tertiary/aromatic N) is 3. The number of pyridine rings is 1. The van der Waals surface area contributed by atoms with Crippen LogP contribution < -0.4 is 9.47 Å². The smallest absolute Gasteiger partial charge is 0.161 e. The lowest BCUT2D eigenvalue weighted by molar-refractivity contribution is 0.0705. The Bertz CT molecular complexity index is 693. The van der Waals surface area contributed by atoms with E-state index in [1.165, 1.54) is 0 Å². The maximum absolute atomic E-state index is 10.2. The van der Waals surface area contributed by atoms with Crippen molar-refractivity contribution in [3.63, 3.8) is 0 Å². The summed E-state index contributed by atoms with van der Waals surface area (Å²) in [5.74, 6) is 1.33. The third-order valence-corrected chi connectivity index (χ3v) is 4.63. The number of rotatable bonds is 12. The van der Waals surface area contributed by atoms with Gasteiger partial charge >= 0.3 is 0 Å². The molecule has 0 aliphatic heterocycles. The molecule has 154 valence electrons. The lowest BCUT2D eigenvalue weighted by Crippen LogP contribution is -2.35. The Morgan fingerprint density at radius 3 is 2.50 bits per heavy atom. The number of aromatic nitrogens is 1. The molecule has 0 aliphatic carbocycles. The summed E-state index contributed by atoms with van der Waals surface area (Å²) in [6.45, 7) is 8.40. The highest BCUT2D eigenvalue weighted by Gasteiger charge is 2.13. The van der Waals surface area contributed by atoms with E-state index in [2.05, 4.69) is 35.7 Å². The maximum atomic E-state index is 10.2. The van der Waals surface area contributed by atoms with E-state index < -0.39 is 6.10 Å². The fourth-order valence-corrected chi connectivity index (χ4v) is 3.08. The predicted molar refractivity (Wildman–Crippen MR) is 112 cm³/mol. The van der Waals surface area contributed by atoms with Gasteiger partial charge in [-0.2, -0.15) is 0 Å². The van der Waals surface area contributed by atoms with Crippen molar-refractivity contribution in [3.8, 4) is 11.5 Å². The first kappa shape index (κ1) is 22.1. The Kier molecular flexibility index (Phi) is 9.20. The molecule has 0 saturated carbocycles. The summed E-state index contributed by atoms with van der Waals surface area (Å²) in [4.78, 5) is 8.74. The lowest BCUT2D eigenvalue weighted by atomic mass is 10.2. The molecule has 0 bridgehead atoms. The van der Waals surface area contributed by atoms with Crippen LogP contribution in [0.25, 0.3) is 0 Å². The van der Waals surface area contributed by atoms with Crippen LogP contribution in [-0.4, -0.2) is 66.4 Å². The Balaban J connectivity index is 1.92. The number of likely N-dealkylation sites (N-methyl/N-ethyl adjacent to an activating group) is 1. The molecule has 1 aromatic carbocycles. The van der Waals surface area contributed by atoms with E-state index in [9.17, 15) is 5.11 Å². The van der Waals surface area contributed by atoms with Crippen molar-refractivity contribution < 1.29 is 14.6 Å². The van der Waals surface area contributed by atoms with Gasteiger partial charge in [0.1, 0.15) is 12.7 Å². The van der Waals surface area contributed by atoms with E-state index in [0.29, 0.717) is 18.0 Å². The number of methoxy groups -OCH3 is 1. The van der Waals surface area contributed by atoms with Crippen LogP contribution in [-0.2, 0) is 13.1 Å². The molecular formula is C22H33N3O3. The van der Waals surface area contributed by atoms with Crippen LogP contribution in [0.1, 0.15) is 25.1 Å². The van der Waals surface area contributed by atoms with Crippen LogP contribution in [0.2, 0.25) is 0 Å². The molecule has 28 heavy (non-hydrogen) atoms. The zero-order valence-electron chi connectivity index (χ0n) is 17.5. The minimum atomic E-state index is -0.534. The molecule has 0 spiro atoms. The van der Waals surface area contributed by atoms with Crippen molar-refractivity contribution in [1.82, 2.24) is 14.8 Å². The molecule has 1 heterocycles. The summed E-state index contributed by atoms with van der Waals surface area (Å²) in [6, 6.07) is 11.9. The van der Waals surface area contributed by atoms with Crippen LogP contribution in [0.3, 0.4) is 0 Å². The normalized spacial score (nSPS) is 12.4. The van der Waals surface area contributed by atoms with Crippen LogP contribution in [0.5, 0.6) is 11.5 Å². The van der Waals surface area contributed by atoms with Gasteiger partial charge in [0.05, 0.1) is 12.8 Å². The Morgan fingerprint density at radius 1 is 1.07 bits per heavy atom. The van der Waals surface area contributed by atoms with Crippen molar-refractivity contribution in [2.75, 3.05) is 40.4 Å². The molecule has 0 aliphatic rings. The second kappa shape index (κ2) is 11.6. The Labute approximate surface area is 168 Å². The zero-order valence-corrected chi connectivity index (χ0v) is 17.5. The number of aliphatic hydroxyl groups excluding tert-OH is 1. The summed E-state index contributed by atoms with van der Waals surface area (Å²) in [5.41, 5.74) is 2.17. The van der Waals surface area contributed by atoms with E-state index in [4.69, 9.17) is 9.47 Å².